The zero-order valence-corrected chi connectivity index (χ0v) is 20.4. The minimum Gasteiger partial charge on any atom is -0.465 e. The summed E-state index contributed by atoms with van der Waals surface area (Å²) in [6.45, 7) is 2.23. The van der Waals surface area contributed by atoms with E-state index in [1.165, 1.54) is 6.42 Å². The number of aliphatic imine (C=N–C) groups is 1. The van der Waals surface area contributed by atoms with E-state index in [9.17, 15) is 14.4 Å². The van der Waals surface area contributed by atoms with Crippen LogP contribution in [0, 0.1) is 11.8 Å². The maximum atomic E-state index is 13.2. The second-order valence-corrected chi connectivity index (χ2v) is 9.35. The molecule has 184 valence electrons. The molecule has 0 bridgehead atoms. The molecule has 1 N–H and O–H groups in total. The van der Waals surface area contributed by atoms with Crippen molar-refractivity contribution in [3.05, 3.63) is 64.7 Å². The van der Waals surface area contributed by atoms with Crippen molar-refractivity contribution in [3.8, 4) is 5.75 Å². The van der Waals surface area contributed by atoms with Gasteiger partial charge in [0.25, 0.3) is 0 Å². The third kappa shape index (κ3) is 6.09. The molecule has 2 amide bonds. The molecule has 1 saturated carbocycles. The SMILES string of the molecule is CCC1=NC(=O)NC(c2ccc(OC(=O)c3ccccc3)c(Cl)c2)C1C(=O)OCC1CCCCC1. The Kier molecular flexibility index (Phi) is 8.18. The summed E-state index contributed by atoms with van der Waals surface area (Å²) < 4.78 is 11.2. The number of benzene rings is 2. The molecule has 2 aliphatic rings. The summed E-state index contributed by atoms with van der Waals surface area (Å²) in [7, 11) is 0. The summed E-state index contributed by atoms with van der Waals surface area (Å²) in [5, 5.41) is 2.98. The lowest BCUT2D eigenvalue weighted by molar-refractivity contribution is -0.148. The lowest BCUT2D eigenvalue weighted by Gasteiger charge is -2.31. The molecule has 2 aromatic rings. The fourth-order valence-corrected chi connectivity index (χ4v) is 4.89. The van der Waals surface area contributed by atoms with Gasteiger partial charge in [-0.05, 0) is 55.0 Å². The molecule has 0 aromatic heterocycles. The molecule has 8 heteroatoms. The van der Waals surface area contributed by atoms with Gasteiger partial charge >= 0.3 is 18.0 Å². The highest BCUT2D eigenvalue weighted by Gasteiger charge is 2.39. The highest BCUT2D eigenvalue weighted by molar-refractivity contribution is 6.32. The predicted octanol–water partition coefficient (Wildman–Crippen LogP) is 5.91. The largest absolute Gasteiger partial charge is 0.465 e. The van der Waals surface area contributed by atoms with Crippen LogP contribution < -0.4 is 10.1 Å². The van der Waals surface area contributed by atoms with Gasteiger partial charge in [-0.25, -0.2) is 14.6 Å². The molecule has 2 unspecified atom stereocenters. The second-order valence-electron chi connectivity index (χ2n) is 8.94. The second kappa shape index (κ2) is 11.5. The average Bonchev–Trinajstić information content (AvgIpc) is 2.89. The number of esters is 2. The Morgan fingerprint density at radius 3 is 2.51 bits per heavy atom. The van der Waals surface area contributed by atoms with Crippen LogP contribution in [0.2, 0.25) is 5.02 Å². The van der Waals surface area contributed by atoms with Crippen molar-refractivity contribution >= 4 is 35.3 Å². The summed E-state index contributed by atoms with van der Waals surface area (Å²) in [6, 6.07) is 12.2. The van der Waals surface area contributed by atoms with Crippen LogP contribution in [0.5, 0.6) is 5.75 Å². The molecule has 0 saturated heterocycles. The van der Waals surface area contributed by atoms with Crippen LogP contribution in [-0.2, 0) is 9.53 Å². The van der Waals surface area contributed by atoms with Crippen LogP contribution in [0.4, 0.5) is 4.79 Å². The minimum absolute atomic E-state index is 0.187. The monoisotopic (exact) mass is 496 g/mol. The van der Waals surface area contributed by atoms with Gasteiger partial charge in [0, 0.05) is 5.71 Å². The van der Waals surface area contributed by atoms with Gasteiger partial charge in [-0.3, -0.25) is 4.79 Å². The van der Waals surface area contributed by atoms with Crippen molar-refractivity contribution in [2.75, 3.05) is 6.61 Å². The Hall–Kier alpha value is -3.19. The summed E-state index contributed by atoms with van der Waals surface area (Å²) in [5.41, 5.74) is 1.48. The number of rotatable bonds is 7. The quantitative estimate of drug-likeness (QED) is 0.379. The first kappa shape index (κ1) is 24.9. The smallest absolute Gasteiger partial charge is 0.343 e. The van der Waals surface area contributed by atoms with E-state index in [0.29, 0.717) is 35.8 Å². The van der Waals surface area contributed by atoms with Crippen molar-refractivity contribution < 1.29 is 23.9 Å². The predicted molar refractivity (Wildman–Crippen MR) is 133 cm³/mol. The molecule has 0 radical (unpaired) electrons. The van der Waals surface area contributed by atoms with Crippen LogP contribution in [0.15, 0.2) is 53.5 Å². The van der Waals surface area contributed by atoms with Crippen LogP contribution >= 0.6 is 11.6 Å². The van der Waals surface area contributed by atoms with Gasteiger partial charge in [-0.1, -0.05) is 62.1 Å². The molecule has 7 nitrogen and oxygen atoms in total. The van der Waals surface area contributed by atoms with Crippen molar-refractivity contribution in [1.29, 1.82) is 0 Å². The fourth-order valence-electron chi connectivity index (χ4n) is 4.66. The van der Waals surface area contributed by atoms with E-state index in [4.69, 9.17) is 21.1 Å². The number of urea groups is 1. The van der Waals surface area contributed by atoms with E-state index >= 15 is 0 Å². The van der Waals surface area contributed by atoms with E-state index in [1.807, 2.05) is 13.0 Å². The maximum absolute atomic E-state index is 13.2. The van der Waals surface area contributed by atoms with Gasteiger partial charge in [0.15, 0.2) is 0 Å². The van der Waals surface area contributed by atoms with Gasteiger partial charge in [0.05, 0.1) is 23.2 Å². The number of halogens is 1. The molecule has 2 aromatic carbocycles. The summed E-state index contributed by atoms with van der Waals surface area (Å²) >= 11 is 6.44. The Morgan fingerprint density at radius 1 is 1.09 bits per heavy atom. The van der Waals surface area contributed by atoms with E-state index in [0.717, 1.165) is 25.7 Å². The van der Waals surface area contributed by atoms with E-state index in [1.54, 1.807) is 42.5 Å². The number of hydrogen-bond acceptors (Lipinski definition) is 5. The van der Waals surface area contributed by atoms with Crippen LogP contribution in [0.25, 0.3) is 0 Å². The summed E-state index contributed by atoms with van der Waals surface area (Å²) in [6.07, 6.45) is 6.10. The first-order valence-corrected chi connectivity index (χ1v) is 12.4. The molecule has 1 heterocycles. The van der Waals surface area contributed by atoms with Crippen LogP contribution in [-0.4, -0.2) is 30.3 Å². The first-order valence-electron chi connectivity index (χ1n) is 12.1. The Labute approximate surface area is 209 Å². The molecule has 0 spiro atoms. The highest BCUT2D eigenvalue weighted by atomic mass is 35.5. The molecular formula is C27H29ClN2O5. The summed E-state index contributed by atoms with van der Waals surface area (Å²) in [4.78, 5) is 41.9. The van der Waals surface area contributed by atoms with E-state index < -0.39 is 29.9 Å². The zero-order chi connectivity index (χ0) is 24.8. The Bertz CT molecular complexity index is 1110. The van der Waals surface area contributed by atoms with Gasteiger partial charge < -0.3 is 14.8 Å². The molecule has 1 aliphatic carbocycles. The highest BCUT2D eigenvalue weighted by Crippen LogP contribution is 2.34. The van der Waals surface area contributed by atoms with E-state index in [-0.39, 0.29) is 10.8 Å². The van der Waals surface area contributed by atoms with Crippen molar-refractivity contribution in [2.45, 2.75) is 51.5 Å². The third-order valence-electron chi connectivity index (χ3n) is 6.55. The molecular weight excluding hydrogens is 468 g/mol. The number of hydrogen-bond donors (Lipinski definition) is 1. The number of amides is 2. The Balaban J connectivity index is 1.53. The lowest BCUT2D eigenvalue weighted by Crippen LogP contribution is -2.45. The number of carbonyl (C=O) groups excluding carboxylic acids is 3. The lowest BCUT2D eigenvalue weighted by atomic mass is 9.86. The van der Waals surface area contributed by atoms with Gasteiger partial charge in [-0.2, -0.15) is 0 Å². The number of nitrogens with one attached hydrogen (secondary N) is 1. The molecule has 35 heavy (non-hydrogen) atoms. The number of carbonyl (C=O) groups is 3. The van der Waals surface area contributed by atoms with Crippen molar-refractivity contribution in [1.82, 2.24) is 5.32 Å². The van der Waals surface area contributed by atoms with Crippen molar-refractivity contribution in [2.24, 2.45) is 16.8 Å². The van der Waals surface area contributed by atoms with Gasteiger partial charge in [0.2, 0.25) is 0 Å². The molecule has 2 atom stereocenters. The average molecular weight is 497 g/mol. The first-order chi connectivity index (χ1) is 17.0. The van der Waals surface area contributed by atoms with Crippen molar-refractivity contribution in [3.63, 3.8) is 0 Å². The van der Waals surface area contributed by atoms with E-state index in [2.05, 4.69) is 10.3 Å². The number of nitrogens with zero attached hydrogens (tertiary/aromatic N) is 1. The maximum Gasteiger partial charge on any atom is 0.343 e. The van der Waals surface area contributed by atoms with Gasteiger partial charge in [0.1, 0.15) is 11.7 Å². The molecule has 4 rings (SSSR count). The minimum atomic E-state index is -0.755. The number of ether oxygens (including phenoxy) is 2. The van der Waals surface area contributed by atoms with Crippen LogP contribution in [0.1, 0.15) is 67.4 Å². The zero-order valence-electron chi connectivity index (χ0n) is 19.7. The molecule has 1 fully saturated rings. The Morgan fingerprint density at radius 2 is 1.83 bits per heavy atom. The fraction of sp³-hybridized carbons (Fsp3) is 0.407. The van der Waals surface area contributed by atoms with Crippen LogP contribution in [0.3, 0.4) is 0 Å². The molecule has 1 aliphatic heterocycles. The standard InChI is InChI=1S/C27H29ClN2O5/c1-2-21-23(26(32)34-16-17-9-5-3-6-10-17)24(30-27(33)29-21)19-13-14-22(20(28)15-19)35-25(31)18-11-7-4-8-12-18/h4,7-8,11-15,17,23-24H,2-3,5-6,9-10,16H2,1H3,(H,30,33). The third-order valence-corrected chi connectivity index (χ3v) is 6.84. The normalized spacial score (nSPS) is 20.5. The van der Waals surface area contributed by atoms with Gasteiger partial charge in [-0.15, -0.1) is 0 Å². The summed E-state index contributed by atoms with van der Waals surface area (Å²) in [5.74, 6) is -1.13. The topological polar surface area (TPSA) is 94.1 Å².